The maximum Gasteiger partial charge on any atom is 0.309 e. The number of Topliss-reactive ketones (excluding diaryl/α,β-unsaturated/α-hetero) is 2. The van der Waals surface area contributed by atoms with E-state index in [9.17, 15) is 22.8 Å². The summed E-state index contributed by atoms with van der Waals surface area (Å²) in [6.07, 6.45) is -0.139. The highest BCUT2D eigenvalue weighted by molar-refractivity contribution is 7.87. The molecule has 0 aromatic heterocycles. The lowest BCUT2D eigenvalue weighted by atomic mass is 9.99. The normalized spacial score (nSPS) is 18.8. The standard InChI is InChI=1S/C13H20O7S/c1-9(2)7-20-21(17,18)8-12(15)6-11(14)5-10-3-4-19-13(10)16/h9-10H,3-8H2,1-2H3. The van der Waals surface area contributed by atoms with Crippen LogP contribution in [0.2, 0.25) is 0 Å². The Bertz CT molecular complexity index is 507. The van der Waals surface area contributed by atoms with E-state index in [-0.39, 0.29) is 25.6 Å². The van der Waals surface area contributed by atoms with Crippen molar-refractivity contribution in [3.8, 4) is 0 Å². The van der Waals surface area contributed by atoms with E-state index in [1.165, 1.54) is 0 Å². The summed E-state index contributed by atoms with van der Waals surface area (Å²) in [5, 5.41) is 0. The second kappa shape index (κ2) is 7.65. The van der Waals surface area contributed by atoms with Crippen LogP contribution in [0.4, 0.5) is 0 Å². The van der Waals surface area contributed by atoms with Gasteiger partial charge in [0.25, 0.3) is 10.1 Å². The van der Waals surface area contributed by atoms with Crippen molar-refractivity contribution in [1.29, 1.82) is 0 Å². The van der Waals surface area contributed by atoms with Gasteiger partial charge in [0.15, 0.2) is 5.78 Å². The summed E-state index contributed by atoms with van der Waals surface area (Å²) in [4.78, 5) is 34.4. The maximum absolute atomic E-state index is 11.6. The highest BCUT2D eigenvalue weighted by Crippen LogP contribution is 2.19. The Morgan fingerprint density at radius 1 is 1.33 bits per heavy atom. The van der Waals surface area contributed by atoms with Crippen molar-refractivity contribution in [3.63, 3.8) is 0 Å². The van der Waals surface area contributed by atoms with Gasteiger partial charge in [-0.3, -0.25) is 18.6 Å². The predicted octanol–water partition coefficient (Wildman–Crippen LogP) is 0.470. The molecule has 0 saturated carbocycles. The summed E-state index contributed by atoms with van der Waals surface area (Å²) in [6.45, 7) is 3.84. The van der Waals surface area contributed by atoms with Gasteiger partial charge in [0, 0.05) is 6.42 Å². The van der Waals surface area contributed by atoms with Gasteiger partial charge in [-0.2, -0.15) is 8.42 Å². The van der Waals surface area contributed by atoms with Crippen LogP contribution in [0.3, 0.4) is 0 Å². The number of carbonyl (C=O) groups excluding carboxylic acids is 3. The van der Waals surface area contributed by atoms with E-state index in [1.807, 2.05) is 0 Å². The Morgan fingerprint density at radius 2 is 2.00 bits per heavy atom. The zero-order chi connectivity index (χ0) is 16.0. The number of hydrogen-bond acceptors (Lipinski definition) is 7. The summed E-state index contributed by atoms with van der Waals surface area (Å²) in [5.41, 5.74) is 0. The van der Waals surface area contributed by atoms with E-state index in [0.717, 1.165) is 0 Å². The molecule has 0 aliphatic carbocycles. The summed E-state index contributed by atoms with van der Waals surface area (Å²) >= 11 is 0. The average molecular weight is 320 g/mol. The number of rotatable bonds is 9. The Kier molecular flexibility index (Phi) is 6.47. The van der Waals surface area contributed by atoms with Gasteiger partial charge in [-0.05, 0) is 12.3 Å². The van der Waals surface area contributed by atoms with E-state index in [2.05, 4.69) is 4.18 Å². The van der Waals surface area contributed by atoms with Crippen LogP contribution in [0, 0.1) is 11.8 Å². The van der Waals surface area contributed by atoms with Crippen LogP contribution in [-0.4, -0.2) is 44.9 Å². The van der Waals surface area contributed by atoms with Crippen LogP contribution in [0.1, 0.15) is 33.1 Å². The van der Waals surface area contributed by atoms with Crippen LogP contribution in [0.25, 0.3) is 0 Å². The fourth-order valence-electron chi connectivity index (χ4n) is 1.82. The minimum atomic E-state index is -3.95. The first-order valence-electron chi connectivity index (χ1n) is 6.76. The number of carbonyl (C=O) groups is 3. The van der Waals surface area contributed by atoms with Crippen molar-refractivity contribution in [2.75, 3.05) is 19.0 Å². The summed E-state index contributed by atoms with van der Waals surface area (Å²) < 4.78 is 32.4. The Labute approximate surface area is 124 Å². The molecule has 7 nitrogen and oxygen atoms in total. The molecule has 1 atom stereocenters. The molecule has 1 heterocycles. The third-order valence-electron chi connectivity index (χ3n) is 2.83. The van der Waals surface area contributed by atoms with Gasteiger partial charge in [0.05, 0.1) is 25.6 Å². The van der Waals surface area contributed by atoms with Crippen molar-refractivity contribution in [3.05, 3.63) is 0 Å². The van der Waals surface area contributed by atoms with Crippen molar-refractivity contribution >= 4 is 27.7 Å². The first kappa shape index (κ1) is 17.8. The SMILES string of the molecule is CC(C)COS(=O)(=O)CC(=O)CC(=O)CC1CCOC1=O. The van der Waals surface area contributed by atoms with Crippen LogP contribution in [-0.2, 0) is 33.4 Å². The number of ketones is 2. The van der Waals surface area contributed by atoms with Gasteiger partial charge in [-0.1, -0.05) is 13.8 Å². The number of cyclic esters (lactones) is 1. The van der Waals surface area contributed by atoms with Crippen LogP contribution in [0.15, 0.2) is 0 Å². The smallest absolute Gasteiger partial charge is 0.309 e. The van der Waals surface area contributed by atoms with E-state index < -0.39 is 45.7 Å². The lowest BCUT2D eigenvalue weighted by molar-refractivity contribution is -0.143. The quantitative estimate of drug-likeness (QED) is 0.345. The zero-order valence-electron chi connectivity index (χ0n) is 12.2. The Hall–Kier alpha value is -1.28. The number of esters is 1. The van der Waals surface area contributed by atoms with E-state index in [1.54, 1.807) is 13.8 Å². The zero-order valence-corrected chi connectivity index (χ0v) is 13.0. The second-order valence-corrected chi connectivity index (χ2v) is 7.13. The molecule has 0 N–H and O–H groups in total. The molecule has 1 aliphatic rings. The molecule has 0 bridgehead atoms. The van der Waals surface area contributed by atoms with Gasteiger partial charge in [-0.25, -0.2) is 0 Å². The minimum absolute atomic E-state index is 0.00251. The Morgan fingerprint density at radius 3 is 2.52 bits per heavy atom. The van der Waals surface area contributed by atoms with Gasteiger partial charge < -0.3 is 4.74 Å². The largest absolute Gasteiger partial charge is 0.465 e. The molecule has 1 aliphatic heterocycles. The first-order valence-corrected chi connectivity index (χ1v) is 8.34. The van der Waals surface area contributed by atoms with Crippen LogP contribution < -0.4 is 0 Å². The van der Waals surface area contributed by atoms with Crippen molar-refractivity contribution < 1.29 is 31.7 Å². The number of hydrogen-bond donors (Lipinski definition) is 0. The van der Waals surface area contributed by atoms with Gasteiger partial charge >= 0.3 is 5.97 Å². The molecule has 0 aromatic rings. The van der Waals surface area contributed by atoms with Crippen LogP contribution >= 0.6 is 0 Å². The van der Waals surface area contributed by atoms with Crippen molar-refractivity contribution in [1.82, 2.24) is 0 Å². The first-order chi connectivity index (χ1) is 9.69. The van der Waals surface area contributed by atoms with E-state index >= 15 is 0 Å². The lowest BCUT2D eigenvalue weighted by Gasteiger charge is -2.07. The van der Waals surface area contributed by atoms with Gasteiger partial charge in [0.1, 0.15) is 11.5 Å². The monoisotopic (exact) mass is 320 g/mol. The average Bonchev–Trinajstić information content (AvgIpc) is 2.71. The highest BCUT2D eigenvalue weighted by atomic mass is 32.2. The molecule has 120 valence electrons. The summed E-state index contributed by atoms with van der Waals surface area (Å²) in [7, 11) is -3.95. The molecule has 8 heteroatoms. The van der Waals surface area contributed by atoms with E-state index in [0.29, 0.717) is 6.42 Å². The molecule has 1 saturated heterocycles. The molecule has 21 heavy (non-hydrogen) atoms. The fraction of sp³-hybridized carbons (Fsp3) is 0.769. The van der Waals surface area contributed by atoms with Crippen molar-refractivity contribution in [2.24, 2.45) is 11.8 Å². The van der Waals surface area contributed by atoms with Crippen molar-refractivity contribution in [2.45, 2.75) is 33.1 Å². The second-order valence-electron chi connectivity index (χ2n) is 5.49. The maximum atomic E-state index is 11.6. The van der Waals surface area contributed by atoms with Gasteiger partial charge in [-0.15, -0.1) is 0 Å². The van der Waals surface area contributed by atoms with Crippen LogP contribution in [0.5, 0.6) is 0 Å². The molecular weight excluding hydrogens is 300 g/mol. The molecule has 0 amide bonds. The molecular formula is C13H20O7S. The number of ether oxygens (including phenoxy) is 1. The minimum Gasteiger partial charge on any atom is -0.465 e. The fourth-order valence-corrected chi connectivity index (χ4v) is 2.88. The third-order valence-corrected chi connectivity index (χ3v) is 4.00. The van der Waals surface area contributed by atoms with Gasteiger partial charge in [0.2, 0.25) is 0 Å². The Balaban J connectivity index is 2.38. The summed E-state index contributed by atoms with van der Waals surface area (Å²) in [6, 6.07) is 0. The molecule has 1 rings (SSSR count). The molecule has 0 aromatic carbocycles. The topological polar surface area (TPSA) is 104 Å². The molecule has 1 fully saturated rings. The van der Waals surface area contributed by atoms with E-state index in [4.69, 9.17) is 4.74 Å². The molecule has 0 radical (unpaired) electrons. The highest BCUT2D eigenvalue weighted by Gasteiger charge is 2.29. The molecule has 0 spiro atoms. The molecule has 1 unspecified atom stereocenters. The lowest BCUT2D eigenvalue weighted by Crippen LogP contribution is -2.23. The third kappa shape index (κ3) is 6.81. The summed E-state index contributed by atoms with van der Waals surface area (Å²) in [5.74, 6) is -2.94. The predicted molar refractivity (Wildman–Crippen MR) is 72.9 cm³/mol.